The van der Waals surface area contributed by atoms with Gasteiger partial charge in [0.1, 0.15) is 6.61 Å². The van der Waals surface area contributed by atoms with Gasteiger partial charge in [-0.1, -0.05) is 30.3 Å². The third-order valence-corrected chi connectivity index (χ3v) is 5.20. The first-order chi connectivity index (χ1) is 13.6. The summed E-state index contributed by atoms with van der Waals surface area (Å²) in [4.78, 5) is 14.3. The summed E-state index contributed by atoms with van der Waals surface area (Å²) < 4.78 is 5.80. The summed E-state index contributed by atoms with van der Waals surface area (Å²) in [5.41, 5.74) is 3.26. The molecule has 0 bridgehead atoms. The monoisotopic (exact) mass is 395 g/mol. The number of ether oxygens (including phenoxy) is 1. The Morgan fingerprint density at radius 1 is 1.07 bits per heavy atom. The molecule has 0 amide bonds. The van der Waals surface area contributed by atoms with Crippen LogP contribution in [0, 0.1) is 13.8 Å². The summed E-state index contributed by atoms with van der Waals surface area (Å²) in [6.45, 7) is 5.89. The summed E-state index contributed by atoms with van der Waals surface area (Å²) in [7, 11) is 1.76. The van der Waals surface area contributed by atoms with Crippen LogP contribution in [0.2, 0.25) is 0 Å². The van der Waals surface area contributed by atoms with Crippen LogP contribution in [0.3, 0.4) is 0 Å². The van der Waals surface area contributed by atoms with Crippen LogP contribution in [-0.2, 0) is 19.7 Å². The normalized spacial score (nSPS) is 11.3. The van der Waals surface area contributed by atoms with Crippen LogP contribution in [0.15, 0.2) is 53.7 Å². The van der Waals surface area contributed by atoms with E-state index in [4.69, 9.17) is 4.74 Å². The number of aryl methyl sites for hydroxylation is 2. The van der Waals surface area contributed by atoms with E-state index < -0.39 is 0 Å². The lowest BCUT2D eigenvalue weighted by atomic mass is 10.2. The van der Waals surface area contributed by atoms with E-state index in [1.54, 1.807) is 24.6 Å². The zero-order chi connectivity index (χ0) is 19.8. The first-order valence-corrected chi connectivity index (χ1v) is 9.95. The highest BCUT2D eigenvalue weighted by molar-refractivity contribution is 7.11. The molecule has 6 nitrogen and oxygen atoms in total. The highest BCUT2D eigenvalue weighted by Gasteiger charge is 2.06. The number of aliphatic imine (C=N–C) groups is 1. The molecule has 146 valence electrons. The molecule has 1 aromatic carbocycles. The summed E-state index contributed by atoms with van der Waals surface area (Å²) in [5.74, 6) is 1.36. The fourth-order valence-corrected chi connectivity index (χ4v) is 3.56. The van der Waals surface area contributed by atoms with E-state index in [1.165, 1.54) is 4.88 Å². The largest absolute Gasteiger partial charge is 0.473 e. The van der Waals surface area contributed by atoms with Crippen molar-refractivity contribution in [2.45, 2.75) is 33.5 Å². The minimum absolute atomic E-state index is 0.502. The van der Waals surface area contributed by atoms with Gasteiger partial charge in [-0.15, -0.1) is 11.3 Å². The van der Waals surface area contributed by atoms with Crippen LogP contribution in [0.1, 0.15) is 26.7 Å². The molecule has 0 radical (unpaired) electrons. The van der Waals surface area contributed by atoms with Crippen molar-refractivity contribution in [3.05, 3.63) is 75.4 Å². The smallest absolute Gasteiger partial charge is 0.213 e. The van der Waals surface area contributed by atoms with E-state index in [9.17, 15) is 0 Å². The zero-order valence-electron chi connectivity index (χ0n) is 16.4. The Bertz CT molecular complexity index is 924. The molecule has 0 spiro atoms. The first kappa shape index (κ1) is 19.8. The molecule has 28 heavy (non-hydrogen) atoms. The summed E-state index contributed by atoms with van der Waals surface area (Å²) in [5, 5.41) is 7.74. The summed E-state index contributed by atoms with van der Waals surface area (Å²) in [6.07, 6.45) is 1.76. The minimum Gasteiger partial charge on any atom is -0.473 e. The lowest BCUT2D eigenvalue weighted by Gasteiger charge is -2.12. The molecule has 0 aliphatic heterocycles. The Morgan fingerprint density at radius 3 is 2.57 bits per heavy atom. The van der Waals surface area contributed by atoms with E-state index in [-0.39, 0.29) is 0 Å². The van der Waals surface area contributed by atoms with Crippen LogP contribution >= 0.6 is 11.3 Å². The maximum Gasteiger partial charge on any atom is 0.213 e. The summed E-state index contributed by atoms with van der Waals surface area (Å²) in [6, 6.07) is 14.0. The number of hydrogen-bond donors (Lipinski definition) is 2. The molecular weight excluding hydrogens is 370 g/mol. The van der Waals surface area contributed by atoms with E-state index in [1.807, 2.05) is 56.3 Å². The molecule has 0 fully saturated rings. The molecule has 3 aromatic rings. The van der Waals surface area contributed by atoms with Gasteiger partial charge >= 0.3 is 0 Å². The van der Waals surface area contributed by atoms with Gasteiger partial charge in [0.05, 0.1) is 17.2 Å². The molecular formula is C21H25N5OS. The summed E-state index contributed by atoms with van der Waals surface area (Å²) >= 11 is 1.71. The standard InChI is InChI=1S/C21H25N5OS/c1-15-19(28-16(2)26-15)13-25-21(22-3)24-12-18-9-10-23-20(11-18)27-14-17-7-5-4-6-8-17/h4-11H,12-14H2,1-3H3,(H2,22,24,25). The number of aromatic nitrogens is 2. The van der Waals surface area contributed by atoms with Crippen LogP contribution in [0.4, 0.5) is 0 Å². The van der Waals surface area contributed by atoms with Crippen molar-refractivity contribution in [3.8, 4) is 5.88 Å². The Kier molecular flexibility index (Phi) is 6.97. The van der Waals surface area contributed by atoms with E-state index in [2.05, 4.69) is 25.6 Å². The Morgan fingerprint density at radius 2 is 1.86 bits per heavy atom. The van der Waals surface area contributed by atoms with Crippen molar-refractivity contribution in [2.24, 2.45) is 4.99 Å². The number of nitrogens with one attached hydrogen (secondary N) is 2. The number of benzene rings is 1. The van der Waals surface area contributed by atoms with Gasteiger partial charge in [0.2, 0.25) is 5.88 Å². The number of guanidine groups is 1. The van der Waals surface area contributed by atoms with Crippen molar-refractivity contribution in [1.82, 2.24) is 20.6 Å². The molecule has 2 aromatic heterocycles. The third-order valence-electron chi connectivity index (χ3n) is 4.13. The van der Waals surface area contributed by atoms with Crippen LogP contribution in [-0.4, -0.2) is 23.0 Å². The van der Waals surface area contributed by atoms with Crippen LogP contribution in [0.5, 0.6) is 5.88 Å². The molecule has 7 heteroatoms. The van der Waals surface area contributed by atoms with Crippen LogP contribution in [0.25, 0.3) is 0 Å². The second-order valence-electron chi connectivity index (χ2n) is 6.30. The third kappa shape index (κ3) is 5.79. The number of pyridine rings is 1. The Balaban J connectivity index is 1.50. The molecule has 3 rings (SSSR count). The predicted molar refractivity (Wildman–Crippen MR) is 114 cm³/mol. The quantitative estimate of drug-likeness (QED) is 0.472. The molecule has 0 saturated heterocycles. The van der Waals surface area contributed by atoms with E-state index in [0.29, 0.717) is 25.6 Å². The first-order valence-electron chi connectivity index (χ1n) is 9.13. The maximum absolute atomic E-state index is 5.80. The molecule has 2 heterocycles. The van der Waals surface area contributed by atoms with Gasteiger partial charge in [0.15, 0.2) is 5.96 Å². The van der Waals surface area contributed by atoms with Crippen molar-refractivity contribution in [3.63, 3.8) is 0 Å². The SMILES string of the molecule is CN=C(NCc1ccnc(OCc2ccccc2)c1)NCc1sc(C)nc1C. The Hall–Kier alpha value is -2.93. The fraction of sp³-hybridized carbons (Fsp3) is 0.286. The van der Waals surface area contributed by atoms with Crippen LogP contribution < -0.4 is 15.4 Å². The number of hydrogen-bond acceptors (Lipinski definition) is 5. The lowest BCUT2D eigenvalue weighted by molar-refractivity contribution is 0.293. The van der Waals surface area contributed by atoms with Gasteiger partial charge < -0.3 is 15.4 Å². The van der Waals surface area contributed by atoms with E-state index in [0.717, 1.165) is 27.8 Å². The van der Waals surface area contributed by atoms with Gasteiger partial charge in [0.25, 0.3) is 0 Å². The van der Waals surface area contributed by atoms with Crippen molar-refractivity contribution >= 4 is 17.3 Å². The Labute approximate surface area is 169 Å². The molecule has 0 aliphatic carbocycles. The highest BCUT2D eigenvalue weighted by atomic mass is 32.1. The molecule has 0 unspecified atom stereocenters. The molecule has 0 saturated carbocycles. The molecule has 2 N–H and O–H groups in total. The number of thiazole rings is 1. The van der Waals surface area contributed by atoms with E-state index >= 15 is 0 Å². The number of rotatable bonds is 7. The van der Waals surface area contributed by atoms with Gasteiger partial charge in [-0.25, -0.2) is 9.97 Å². The fourth-order valence-electron chi connectivity index (χ4n) is 2.68. The van der Waals surface area contributed by atoms with Crippen molar-refractivity contribution in [2.75, 3.05) is 7.05 Å². The van der Waals surface area contributed by atoms with Gasteiger partial charge in [-0.3, -0.25) is 4.99 Å². The number of nitrogens with zero attached hydrogens (tertiary/aromatic N) is 3. The second kappa shape index (κ2) is 9.85. The average Bonchev–Trinajstić information content (AvgIpc) is 3.04. The van der Waals surface area contributed by atoms with Crippen molar-refractivity contribution in [1.29, 1.82) is 0 Å². The lowest BCUT2D eigenvalue weighted by Crippen LogP contribution is -2.36. The maximum atomic E-state index is 5.80. The zero-order valence-corrected chi connectivity index (χ0v) is 17.2. The second-order valence-corrected chi connectivity index (χ2v) is 7.59. The van der Waals surface area contributed by atoms with Gasteiger partial charge in [0, 0.05) is 30.7 Å². The predicted octanol–water partition coefficient (Wildman–Crippen LogP) is 3.60. The molecule has 0 aliphatic rings. The minimum atomic E-state index is 0.502. The average molecular weight is 396 g/mol. The van der Waals surface area contributed by atoms with Gasteiger partial charge in [-0.2, -0.15) is 0 Å². The highest BCUT2D eigenvalue weighted by Crippen LogP contribution is 2.16. The molecule has 0 atom stereocenters. The van der Waals surface area contributed by atoms with Crippen molar-refractivity contribution < 1.29 is 4.74 Å². The topological polar surface area (TPSA) is 71.4 Å². The van der Waals surface area contributed by atoms with Gasteiger partial charge in [-0.05, 0) is 31.0 Å².